The summed E-state index contributed by atoms with van der Waals surface area (Å²) in [4.78, 5) is 11.7. The van der Waals surface area contributed by atoms with Crippen LogP contribution in [0.15, 0.2) is 16.6 Å². The molecule has 2 nitrogen and oxygen atoms in total. The van der Waals surface area contributed by atoms with Crippen molar-refractivity contribution in [2.45, 2.75) is 25.4 Å². The molecule has 0 atom stereocenters. The Balaban J connectivity index is 2.34. The number of amides is 1. The van der Waals surface area contributed by atoms with Gasteiger partial charge in [-0.2, -0.15) is 13.2 Å². The number of alkyl halides is 3. The Morgan fingerprint density at radius 2 is 1.95 bits per heavy atom. The Morgan fingerprint density at radius 1 is 1.32 bits per heavy atom. The van der Waals surface area contributed by atoms with Crippen LogP contribution in [0.2, 0.25) is 0 Å². The van der Waals surface area contributed by atoms with Gasteiger partial charge in [-0.25, -0.2) is 4.39 Å². The minimum absolute atomic E-state index is 0.118. The topological polar surface area (TPSA) is 29.1 Å². The number of rotatable bonds is 2. The van der Waals surface area contributed by atoms with Crippen molar-refractivity contribution in [1.82, 2.24) is 0 Å². The van der Waals surface area contributed by atoms with Gasteiger partial charge in [-0.1, -0.05) is 6.42 Å². The van der Waals surface area contributed by atoms with E-state index >= 15 is 0 Å². The molecule has 0 aliphatic heterocycles. The zero-order valence-corrected chi connectivity index (χ0v) is 11.2. The van der Waals surface area contributed by atoms with Crippen LogP contribution in [-0.2, 0) is 11.0 Å². The van der Waals surface area contributed by atoms with E-state index in [1.807, 2.05) is 0 Å². The number of hydrogen-bond acceptors (Lipinski definition) is 1. The standard InChI is InChI=1S/C12H10BrF4NO/c13-9-5-7(14)4-8(12(15,16)17)10(9)18-11(19)6-2-1-3-6/h4-6H,1-3H2,(H,18,19). The maximum absolute atomic E-state index is 13.1. The molecule has 0 spiro atoms. The molecule has 1 saturated carbocycles. The van der Waals surface area contributed by atoms with E-state index in [-0.39, 0.29) is 10.4 Å². The quantitative estimate of drug-likeness (QED) is 0.797. The largest absolute Gasteiger partial charge is 0.418 e. The Morgan fingerprint density at radius 3 is 2.42 bits per heavy atom. The predicted molar refractivity (Wildman–Crippen MR) is 65.1 cm³/mol. The lowest BCUT2D eigenvalue weighted by molar-refractivity contribution is -0.137. The van der Waals surface area contributed by atoms with Gasteiger partial charge in [-0.05, 0) is 40.9 Å². The molecule has 1 aromatic carbocycles. The van der Waals surface area contributed by atoms with Crippen molar-refractivity contribution in [3.8, 4) is 0 Å². The lowest BCUT2D eigenvalue weighted by Crippen LogP contribution is -2.29. The second kappa shape index (κ2) is 5.11. The van der Waals surface area contributed by atoms with Gasteiger partial charge in [-0.3, -0.25) is 4.79 Å². The summed E-state index contributed by atoms with van der Waals surface area (Å²) in [5, 5.41) is 2.24. The van der Waals surface area contributed by atoms with Crippen molar-refractivity contribution in [2.24, 2.45) is 5.92 Å². The van der Waals surface area contributed by atoms with Crippen LogP contribution >= 0.6 is 15.9 Å². The summed E-state index contributed by atoms with van der Waals surface area (Å²) < 4.78 is 51.4. The van der Waals surface area contributed by atoms with E-state index in [2.05, 4.69) is 21.2 Å². The summed E-state index contributed by atoms with van der Waals surface area (Å²) in [6.45, 7) is 0. The number of nitrogens with one attached hydrogen (secondary N) is 1. The SMILES string of the molecule is O=C(Nc1c(Br)cc(F)cc1C(F)(F)F)C1CCC1. The number of carbonyl (C=O) groups is 1. The summed E-state index contributed by atoms with van der Waals surface area (Å²) in [7, 11) is 0. The third-order valence-electron chi connectivity index (χ3n) is 3.08. The third-order valence-corrected chi connectivity index (χ3v) is 3.71. The van der Waals surface area contributed by atoms with E-state index in [1.165, 1.54) is 0 Å². The molecule has 1 aliphatic rings. The van der Waals surface area contributed by atoms with Gasteiger partial charge in [0.25, 0.3) is 0 Å². The van der Waals surface area contributed by atoms with Crippen LogP contribution < -0.4 is 5.32 Å². The Labute approximate surface area is 115 Å². The van der Waals surface area contributed by atoms with Crippen LogP contribution in [0, 0.1) is 11.7 Å². The molecule has 1 N–H and O–H groups in total. The summed E-state index contributed by atoms with van der Waals surface area (Å²) in [5.41, 5.74) is -1.61. The molecule has 0 saturated heterocycles. The van der Waals surface area contributed by atoms with E-state index in [4.69, 9.17) is 0 Å². The maximum atomic E-state index is 13.1. The van der Waals surface area contributed by atoms with Crippen molar-refractivity contribution in [3.63, 3.8) is 0 Å². The van der Waals surface area contributed by atoms with E-state index in [1.54, 1.807) is 0 Å². The fourth-order valence-corrected chi connectivity index (χ4v) is 2.35. The Bertz CT molecular complexity index is 511. The first-order chi connectivity index (χ1) is 8.79. The molecule has 1 aromatic rings. The van der Waals surface area contributed by atoms with Gasteiger partial charge in [0.2, 0.25) is 5.91 Å². The molecular formula is C12H10BrF4NO. The molecule has 0 unspecified atom stereocenters. The molecule has 0 bridgehead atoms. The fraction of sp³-hybridized carbons (Fsp3) is 0.417. The normalized spacial score (nSPS) is 16.1. The molecule has 2 rings (SSSR count). The highest BCUT2D eigenvalue weighted by molar-refractivity contribution is 9.10. The van der Waals surface area contributed by atoms with Crippen LogP contribution in [-0.4, -0.2) is 5.91 Å². The average molecular weight is 340 g/mol. The monoisotopic (exact) mass is 339 g/mol. The minimum Gasteiger partial charge on any atom is -0.324 e. The maximum Gasteiger partial charge on any atom is 0.418 e. The minimum atomic E-state index is -4.73. The first-order valence-electron chi connectivity index (χ1n) is 5.66. The predicted octanol–water partition coefficient (Wildman–Crippen LogP) is 4.35. The zero-order chi connectivity index (χ0) is 14.2. The van der Waals surface area contributed by atoms with Crippen molar-refractivity contribution < 1.29 is 22.4 Å². The Kier molecular flexibility index (Phi) is 3.85. The smallest absolute Gasteiger partial charge is 0.324 e. The van der Waals surface area contributed by atoms with Crippen molar-refractivity contribution in [3.05, 3.63) is 28.0 Å². The van der Waals surface area contributed by atoms with E-state index in [9.17, 15) is 22.4 Å². The number of anilines is 1. The highest BCUT2D eigenvalue weighted by atomic mass is 79.9. The molecule has 1 aliphatic carbocycles. The highest BCUT2D eigenvalue weighted by Crippen LogP contribution is 2.40. The van der Waals surface area contributed by atoms with Gasteiger partial charge < -0.3 is 5.32 Å². The molecule has 19 heavy (non-hydrogen) atoms. The van der Waals surface area contributed by atoms with Crippen LogP contribution in [0.4, 0.5) is 23.2 Å². The van der Waals surface area contributed by atoms with Crippen molar-refractivity contribution >= 4 is 27.5 Å². The number of benzene rings is 1. The summed E-state index contributed by atoms with van der Waals surface area (Å²) in [5.74, 6) is -1.72. The first kappa shape index (κ1) is 14.3. The fourth-order valence-electron chi connectivity index (χ4n) is 1.82. The molecule has 1 amide bonds. The molecule has 0 radical (unpaired) electrons. The number of halogens is 5. The van der Waals surface area contributed by atoms with E-state index < -0.39 is 29.2 Å². The average Bonchev–Trinajstić information content (AvgIpc) is 2.17. The van der Waals surface area contributed by atoms with Crippen LogP contribution in [0.25, 0.3) is 0 Å². The lowest BCUT2D eigenvalue weighted by Gasteiger charge is -2.25. The molecule has 0 aromatic heterocycles. The van der Waals surface area contributed by atoms with Gasteiger partial charge in [0, 0.05) is 10.4 Å². The first-order valence-corrected chi connectivity index (χ1v) is 6.45. The Hall–Kier alpha value is -1.11. The van der Waals surface area contributed by atoms with Gasteiger partial charge >= 0.3 is 6.18 Å². The number of hydrogen-bond donors (Lipinski definition) is 1. The lowest BCUT2D eigenvalue weighted by atomic mass is 9.85. The van der Waals surface area contributed by atoms with Crippen LogP contribution in [0.3, 0.4) is 0 Å². The third kappa shape index (κ3) is 3.08. The molecular weight excluding hydrogens is 330 g/mol. The second-order valence-electron chi connectivity index (χ2n) is 4.43. The van der Waals surface area contributed by atoms with Gasteiger partial charge in [0.1, 0.15) is 5.82 Å². The highest BCUT2D eigenvalue weighted by Gasteiger charge is 2.36. The molecule has 1 fully saturated rings. The molecule has 104 valence electrons. The molecule has 0 heterocycles. The van der Waals surface area contributed by atoms with Gasteiger partial charge in [-0.15, -0.1) is 0 Å². The van der Waals surface area contributed by atoms with Gasteiger partial charge in [0.15, 0.2) is 0 Å². The van der Waals surface area contributed by atoms with Crippen LogP contribution in [0.5, 0.6) is 0 Å². The molecule has 7 heteroatoms. The van der Waals surface area contributed by atoms with E-state index in [0.29, 0.717) is 18.9 Å². The second-order valence-corrected chi connectivity index (χ2v) is 5.28. The van der Waals surface area contributed by atoms with Crippen molar-refractivity contribution in [2.75, 3.05) is 5.32 Å². The van der Waals surface area contributed by atoms with Gasteiger partial charge in [0.05, 0.1) is 11.3 Å². The summed E-state index contributed by atoms with van der Waals surface area (Å²) in [6, 6.07) is 1.27. The van der Waals surface area contributed by atoms with Crippen molar-refractivity contribution in [1.29, 1.82) is 0 Å². The zero-order valence-electron chi connectivity index (χ0n) is 9.65. The van der Waals surface area contributed by atoms with Crippen LogP contribution in [0.1, 0.15) is 24.8 Å². The number of carbonyl (C=O) groups excluding carboxylic acids is 1. The summed E-state index contributed by atoms with van der Waals surface area (Å²) >= 11 is 2.85. The summed E-state index contributed by atoms with van der Waals surface area (Å²) in [6.07, 6.45) is -2.49. The van der Waals surface area contributed by atoms with E-state index in [0.717, 1.165) is 12.5 Å².